The van der Waals surface area contributed by atoms with Crippen molar-refractivity contribution >= 4 is 33.6 Å². The minimum atomic E-state index is -1.06. The van der Waals surface area contributed by atoms with Crippen LogP contribution in [-0.4, -0.2) is 47.8 Å². The fourth-order valence-corrected chi connectivity index (χ4v) is 2.26. The van der Waals surface area contributed by atoms with E-state index in [-0.39, 0.29) is 19.2 Å². The van der Waals surface area contributed by atoms with Gasteiger partial charge < -0.3 is 20.1 Å². The number of aliphatic carboxylic acids is 1. The topological polar surface area (TPSA) is 78.9 Å². The highest BCUT2D eigenvalue weighted by atomic mass is 79.9. The van der Waals surface area contributed by atoms with E-state index in [0.717, 1.165) is 10.0 Å². The number of morpholine rings is 1. The largest absolute Gasteiger partial charge is 0.479 e. The number of carboxylic acids is 1. The number of anilines is 1. The van der Waals surface area contributed by atoms with Crippen molar-refractivity contribution < 1.29 is 19.4 Å². The zero-order valence-corrected chi connectivity index (χ0v) is 12.5. The molecule has 2 rings (SSSR count). The molecule has 7 heteroatoms. The van der Waals surface area contributed by atoms with E-state index in [9.17, 15) is 9.59 Å². The smallest absolute Gasteiger partial charge is 0.334 e. The number of ether oxygens (including phenoxy) is 1. The van der Waals surface area contributed by atoms with E-state index in [1.54, 1.807) is 0 Å². The number of urea groups is 1. The molecule has 108 valence electrons. The van der Waals surface area contributed by atoms with E-state index < -0.39 is 12.1 Å². The van der Waals surface area contributed by atoms with Crippen molar-refractivity contribution in [3.8, 4) is 0 Å². The average Bonchev–Trinajstić information content (AvgIpc) is 2.43. The molecule has 0 aliphatic carbocycles. The van der Waals surface area contributed by atoms with Crippen LogP contribution in [0, 0.1) is 6.92 Å². The van der Waals surface area contributed by atoms with Crippen LogP contribution < -0.4 is 5.32 Å². The van der Waals surface area contributed by atoms with Gasteiger partial charge in [0.05, 0.1) is 18.8 Å². The molecule has 0 aromatic heterocycles. The third-order valence-corrected chi connectivity index (χ3v) is 3.68. The Morgan fingerprint density at radius 3 is 2.95 bits per heavy atom. The Bertz CT molecular complexity index is 535. The Labute approximate surface area is 124 Å². The van der Waals surface area contributed by atoms with Gasteiger partial charge in [-0.25, -0.2) is 9.59 Å². The predicted molar refractivity (Wildman–Crippen MR) is 76.8 cm³/mol. The summed E-state index contributed by atoms with van der Waals surface area (Å²) in [7, 11) is 0. The Kier molecular flexibility index (Phi) is 4.61. The van der Waals surface area contributed by atoms with E-state index >= 15 is 0 Å². The van der Waals surface area contributed by atoms with Gasteiger partial charge in [-0.3, -0.25) is 0 Å². The lowest BCUT2D eigenvalue weighted by molar-refractivity contribution is -0.154. The molecule has 1 unspecified atom stereocenters. The second-order valence-electron chi connectivity index (χ2n) is 4.56. The Hall–Kier alpha value is -1.60. The standard InChI is InChI=1S/C13H15BrN2O4/c1-8-2-3-9(14)10(6-8)15-13(19)16-4-5-20-11(7-16)12(17)18/h2-3,6,11H,4-5,7H2,1H3,(H,15,19)(H,17,18). The first-order valence-corrected chi connectivity index (χ1v) is 6.93. The van der Waals surface area contributed by atoms with Gasteiger partial charge in [0.2, 0.25) is 0 Å². The van der Waals surface area contributed by atoms with Crippen molar-refractivity contribution in [3.05, 3.63) is 28.2 Å². The molecule has 1 heterocycles. The van der Waals surface area contributed by atoms with Gasteiger partial charge in [-0.05, 0) is 40.5 Å². The second kappa shape index (κ2) is 6.23. The number of carbonyl (C=O) groups is 2. The molecule has 0 spiro atoms. The molecule has 2 amide bonds. The minimum absolute atomic E-state index is 0.0462. The maximum Gasteiger partial charge on any atom is 0.334 e. The minimum Gasteiger partial charge on any atom is -0.479 e. The van der Waals surface area contributed by atoms with Crippen molar-refractivity contribution in [1.29, 1.82) is 0 Å². The molecule has 2 N–H and O–H groups in total. The number of amides is 2. The maximum atomic E-state index is 12.1. The summed E-state index contributed by atoms with van der Waals surface area (Å²) < 4.78 is 5.86. The van der Waals surface area contributed by atoms with Gasteiger partial charge in [0.15, 0.2) is 6.10 Å². The highest BCUT2D eigenvalue weighted by molar-refractivity contribution is 9.10. The quantitative estimate of drug-likeness (QED) is 0.862. The third kappa shape index (κ3) is 3.49. The number of nitrogens with zero attached hydrogens (tertiary/aromatic N) is 1. The molecule has 20 heavy (non-hydrogen) atoms. The summed E-state index contributed by atoms with van der Waals surface area (Å²) >= 11 is 3.37. The Morgan fingerprint density at radius 1 is 1.50 bits per heavy atom. The molecule has 1 aromatic carbocycles. The van der Waals surface area contributed by atoms with E-state index in [0.29, 0.717) is 12.2 Å². The Balaban J connectivity index is 2.04. The van der Waals surface area contributed by atoms with Crippen LogP contribution in [0.5, 0.6) is 0 Å². The fourth-order valence-electron chi connectivity index (χ4n) is 1.91. The maximum absolute atomic E-state index is 12.1. The monoisotopic (exact) mass is 342 g/mol. The van der Waals surface area contributed by atoms with Crippen molar-refractivity contribution in [3.63, 3.8) is 0 Å². The van der Waals surface area contributed by atoms with Crippen LogP contribution in [0.2, 0.25) is 0 Å². The molecule has 1 aliphatic rings. The summed E-state index contributed by atoms with van der Waals surface area (Å²) in [6.07, 6.45) is -0.963. The van der Waals surface area contributed by atoms with E-state index in [1.807, 2.05) is 25.1 Å². The zero-order chi connectivity index (χ0) is 14.7. The lowest BCUT2D eigenvalue weighted by Crippen LogP contribution is -2.49. The van der Waals surface area contributed by atoms with Gasteiger partial charge in [-0.1, -0.05) is 6.07 Å². The first kappa shape index (κ1) is 14.8. The number of halogens is 1. The van der Waals surface area contributed by atoms with Crippen LogP contribution in [-0.2, 0) is 9.53 Å². The molecule has 0 radical (unpaired) electrons. The van der Waals surface area contributed by atoms with Crippen molar-refractivity contribution in [2.75, 3.05) is 25.0 Å². The fraction of sp³-hybridized carbons (Fsp3) is 0.385. The molecule has 0 saturated carbocycles. The van der Waals surface area contributed by atoms with Crippen molar-refractivity contribution in [2.45, 2.75) is 13.0 Å². The SMILES string of the molecule is Cc1ccc(Br)c(NC(=O)N2CCOC(C(=O)O)C2)c1. The third-order valence-electron chi connectivity index (χ3n) is 2.99. The predicted octanol–water partition coefficient (Wildman–Crippen LogP) is 2.07. The lowest BCUT2D eigenvalue weighted by atomic mass is 10.2. The zero-order valence-electron chi connectivity index (χ0n) is 10.9. The number of aryl methyl sites for hydroxylation is 1. The van der Waals surface area contributed by atoms with Gasteiger partial charge in [0, 0.05) is 11.0 Å². The van der Waals surface area contributed by atoms with E-state index in [2.05, 4.69) is 21.2 Å². The molecule has 0 bridgehead atoms. The summed E-state index contributed by atoms with van der Waals surface area (Å²) in [5, 5.41) is 11.7. The van der Waals surface area contributed by atoms with Gasteiger partial charge in [-0.2, -0.15) is 0 Å². The summed E-state index contributed by atoms with van der Waals surface area (Å²) in [5.41, 5.74) is 1.68. The molecule has 6 nitrogen and oxygen atoms in total. The molecule has 1 saturated heterocycles. The summed E-state index contributed by atoms with van der Waals surface area (Å²) in [4.78, 5) is 24.5. The number of nitrogens with one attached hydrogen (secondary N) is 1. The normalized spacial score (nSPS) is 18.7. The highest BCUT2D eigenvalue weighted by Gasteiger charge is 2.29. The van der Waals surface area contributed by atoms with Gasteiger partial charge in [0.25, 0.3) is 0 Å². The van der Waals surface area contributed by atoms with Crippen LogP contribution in [0.4, 0.5) is 10.5 Å². The first-order valence-electron chi connectivity index (χ1n) is 6.14. The second-order valence-corrected chi connectivity index (χ2v) is 5.41. The number of benzene rings is 1. The van der Waals surface area contributed by atoms with Crippen LogP contribution in [0.25, 0.3) is 0 Å². The summed E-state index contributed by atoms with van der Waals surface area (Å²) in [5.74, 6) is -1.06. The molecule has 1 aromatic rings. The van der Waals surface area contributed by atoms with Gasteiger partial charge in [0.1, 0.15) is 0 Å². The number of rotatable bonds is 2. The average molecular weight is 343 g/mol. The molecular formula is C13H15BrN2O4. The van der Waals surface area contributed by atoms with Crippen LogP contribution in [0.15, 0.2) is 22.7 Å². The number of hydrogen-bond acceptors (Lipinski definition) is 3. The van der Waals surface area contributed by atoms with Crippen molar-refractivity contribution in [2.24, 2.45) is 0 Å². The molecule has 1 aliphatic heterocycles. The lowest BCUT2D eigenvalue weighted by Gasteiger charge is -2.31. The van der Waals surface area contributed by atoms with Crippen LogP contribution in [0.1, 0.15) is 5.56 Å². The van der Waals surface area contributed by atoms with Gasteiger partial charge in [-0.15, -0.1) is 0 Å². The number of hydrogen-bond donors (Lipinski definition) is 2. The Morgan fingerprint density at radius 2 is 2.25 bits per heavy atom. The van der Waals surface area contributed by atoms with Crippen LogP contribution >= 0.6 is 15.9 Å². The summed E-state index contributed by atoms with van der Waals surface area (Å²) in [6.45, 7) is 2.57. The summed E-state index contributed by atoms with van der Waals surface area (Å²) in [6, 6.07) is 5.29. The van der Waals surface area contributed by atoms with E-state index in [1.165, 1.54) is 4.90 Å². The first-order chi connectivity index (χ1) is 9.47. The number of carbonyl (C=O) groups excluding carboxylic acids is 1. The van der Waals surface area contributed by atoms with Gasteiger partial charge >= 0.3 is 12.0 Å². The van der Waals surface area contributed by atoms with Crippen molar-refractivity contribution in [1.82, 2.24) is 4.90 Å². The van der Waals surface area contributed by atoms with E-state index in [4.69, 9.17) is 9.84 Å². The molecule has 1 fully saturated rings. The highest BCUT2D eigenvalue weighted by Crippen LogP contribution is 2.23. The van der Waals surface area contributed by atoms with Crippen LogP contribution in [0.3, 0.4) is 0 Å². The molecular weight excluding hydrogens is 328 g/mol. The number of carboxylic acid groups (broad SMARTS) is 1. The molecule has 1 atom stereocenters.